The number of hydrogen-bond acceptors (Lipinski definition) is 4. The average Bonchev–Trinajstić information content (AvgIpc) is 2.39. The van der Waals surface area contributed by atoms with Crippen molar-refractivity contribution in [3.63, 3.8) is 0 Å². The van der Waals surface area contributed by atoms with Crippen LogP contribution in [0.3, 0.4) is 0 Å². The van der Waals surface area contributed by atoms with Crippen molar-refractivity contribution in [1.29, 1.82) is 0 Å². The van der Waals surface area contributed by atoms with Gasteiger partial charge in [-0.1, -0.05) is 0 Å². The SMILES string of the molecule is O=C(CN1CCNCC1)NCC1CCCCO1. The maximum absolute atomic E-state index is 11.7. The van der Waals surface area contributed by atoms with Gasteiger partial charge in [0.05, 0.1) is 12.6 Å². The van der Waals surface area contributed by atoms with E-state index in [1.807, 2.05) is 0 Å². The molecule has 0 radical (unpaired) electrons. The van der Waals surface area contributed by atoms with Crippen LogP contribution in [0, 0.1) is 0 Å². The second-order valence-electron chi connectivity index (χ2n) is 4.82. The first kappa shape index (κ1) is 12.8. The summed E-state index contributed by atoms with van der Waals surface area (Å²) in [6, 6.07) is 0. The van der Waals surface area contributed by atoms with Crippen LogP contribution < -0.4 is 10.6 Å². The number of hydrogen-bond donors (Lipinski definition) is 2. The molecule has 2 saturated heterocycles. The van der Waals surface area contributed by atoms with E-state index in [0.29, 0.717) is 13.1 Å². The van der Waals surface area contributed by atoms with Crippen molar-refractivity contribution in [3.8, 4) is 0 Å². The average molecular weight is 241 g/mol. The molecule has 5 nitrogen and oxygen atoms in total. The van der Waals surface area contributed by atoms with Gasteiger partial charge in [0.2, 0.25) is 5.91 Å². The number of ether oxygens (including phenoxy) is 1. The minimum Gasteiger partial charge on any atom is -0.376 e. The van der Waals surface area contributed by atoms with E-state index in [1.165, 1.54) is 6.42 Å². The Morgan fingerprint density at radius 2 is 2.18 bits per heavy atom. The molecule has 0 aliphatic carbocycles. The van der Waals surface area contributed by atoms with Gasteiger partial charge in [0.15, 0.2) is 0 Å². The minimum atomic E-state index is 0.126. The molecule has 17 heavy (non-hydrogen) atoms. The topological polar surface area (TPSA) is 53.6 Å². The summed E-state index contributed by atoms with van der Waals surface area (Å²) in [4.78, 5) is 13.9. The summed E-state index contributed by atoms with van der Waals surface area (Å²) in [6.07, 6.45) is 3.69. The van der Waals surface area contributed by atoms with Crippen LogP contribution in [0.1, 0.15) is 19.3 Å². The van der Waals surface area contributed by atoms with Crippen LogP contribution in [0.2, 0.25) is 0 Å². The third-order valence-electron chi connectivity index (χ3n) is 3.38. The Labute approximate surface area is 103 Å². The Morgan fingerprint density at radius 3 is 2.88 bits per heavy atom. The van der Waals surface area contributed by atoms with Crippen LogP contribution in [0.25, 0.3) is 0 Å². The molecule has 1 amide bonds. The molecule has 2 N–H and O–H groups in total. The zero-order valence-corrected chi connectivity index (χ0v) is 10.4. The van der Waals surface area contributed by atoms with Gasteiger partial charge in [0, 0.05) is 39.3 Å². The van der Waals surface area contributed by atoms with E-state index in [-0.39, 0.29) is 12.0 Å². The van der Waals surface area contributed by atoms with Crippen LogP contribution in [-0.4, -0.2) is 62.8 Å². The lowest BCUT2D eigenvalue weighted by molar-refractivity contribution is -0.123. The number of carbonyl (C=O) groups is 1. The Hall–Kier alpha value is -0.650. The summed E-state index contributed by atoms with van der Waals surface area (Å²) in [7, 11) is 0. The van der Waals surface area contributed by atoms with E-state index in [1.54, 1.807) is 0 Å². The highest BCUT2D eigenvalue weighted by Gasteiger charge is 2.16. The zero-order chi connectivity index (χ0) is 11.9. The van der Waals surface area contributed by atoms with Gasteiger partial charge < -0.3 is 15.4 Å². The quantitative estimate of drug-likeness (QED) is 0.702. The zero-order valence-electron chi connectivity index (χ0n) is 10.4. The number of amides is 1. The molecule has 98 valence electrons. The van der Waals surface area contributed by atoms with Gasteiger partial charge in [0.25, 0.3) is 0 Å². The standard InChI is InChI=1S/C12H23N3O2/c16-12(10-15-6-4-13-5-7-15)14-9-11-3-1-2-8-17-11/h11,13H,1-10H2,(H,14,16). The summed E-state index contributed by atoms with van der Waals surface area (Å²) in [5.41, 5.74) is 0. The van der Waals surface area contributed by atoms with Gasteiger partial charge in [-0.2, -0.15) is 0 Å². The normalized spacial score (nSPS) is 26.7. The highest BCUT2D eigenvalue weighted by atomic mass is 16.5. The molecule has 0 aromatic carbocycles. The van der Waals surface area contributed by atoms with Gasteiger partial charge in [-0.25, -0.2) is 0 Å². The van der Waals surface area contributed by atoms with Crippen molar-refractivity contribution in [2.45, 2.75) is 25.4 Å². The monoisotopic (exact) mass is 241 g/mol. The highest BCUT2D eigenvalue weighted by Crippen LogP contribution is 2.11. The third-order valence-corrected chi connectivity index (χ3v) is 3.38. The first-order valence-electron chi connectivity index (χ1n) is 6.66. The lowest BCUT2D eigenvalue weighted by atomic mass is 10.1. The van der Waals surface area contributed by atoms with Gasteiger partial charge in [-0.15, -0.1) is 0 Å². The lowest BCUT2D eigenvalue weighted by Gasteiger charge is -2.27. The van der Waals surface area contributed by atoms with Gasteiger partial charge in [-0.05, 0) is 19.3 Å². The molecular formula is C12H23N3O2. The van der Waals surface area contributed by atoms with E-state index in [4.69, 9.17) is 4.74 Å². The maximum atomic E-state index is 11.7. The Morgan fingerprint density at radius 1 is 1.35 bits per heavy atom. The molecule has 5 heteroatoms. The van der Waals surface area contributed by atoms with Gasteiger partial charge in [0.1, 0.15) is 0 Å². The molecular weight excluding hydrogens is 218 g/mol. The number of rotatable bonds is 4. The van der Waals surface area contributed by atoms with Crippen molar-refractivity contribution < 1.29 is 9.53 Å². The molecule has 0 bridgehead atoms. The van der Waals surface area contributed by atoms with Crippen molar-refractivity contribution >= 4 is 5.91 Å². The van der Waals surface area contributed by atoms with Crippen molar-refractivity contribution in [3.05, 3.63) is 0 Å². The van der Waals surface area contributed by atoms with E-state index >= 15 is 0 Å². The molecule has 2 fully saturated rings. The van der Waals surface area contributed by atoms with E-state index in [9.17, 15) is 4.79 Å². The molecule has 2 heterocycles. The molecule has 0 saturated carbocycles. The molecule has 2 aliphatic heterocycles. The fraction of sp³-hybridized carbons (Fsp3) is 0.917. The first-order chi connectivity index (χ1) is 8.34. The van der Waals surface area contributed by atoms with E-state index in [0.717, 1.165) is 45.6 Å². The smallest absolute Gasteiger partial charge is 0.234 e. The summed E-state index contributed by atoms with van der Waals surface area (Å²) in [5.74, 6) is 0.126. The maximum Gasteiger partial charge on any atom is 0.234 e. The Bertz CT molecular complexity index is 236. The van der Waals surface area contributed by atoms with Gasteiger partial charge in [-0.3, -0.25) is 9.69 Å². The molecule has 1 unspecified atom stereocenters. The van der Waals surface area contributed by atoms with Crippen molar-refractivity contribution in [2.75, 3.05) is 45.9 Å². The molecule has 0 spiro atoms. The summed E-state index contributed by atoms with van der Waals surface area (Å²) < 4.78 is 5.58. The highest BCUT2D eigenvalue weighted by molar-refractivity contribution is 5.78. The molecule has 1 atom stereocenters. The second-order valence-corrected chi connectivity index (χ2v) is 4.82. The fourth-order valence-corrected chi connectivity index (χ4v) is 2.32. The van der Waals surface area contributed by atoms with Crippen LogP contribution >= 0.6 is 0 Å². The number of carbonyl (C=O) groups excluding carboxylic acids is 1. The molecule has 0 aromatic rings. The molecule has 0 aromatic heterocycles. The number of nitrogens with zero attached hydrogens (tertiary/aromatic N) is 1. The Balaban J connectivity index is 1.59. The van der Waals surface area contributed by atoms with Crippen LogP contribution in [-0.2, 0) is 9.53 Å². The van der Waals surface area contributed by atoms with Crippen LogP contribution in [0.5, 0.6) is 0 Å². The summed E-state index contributed by atoms with van der Waals surface area (Å²) >= 11 is 0. The number of nitrogens with one attached hydrogen (secondary N) is 2. The lowest BCUT2D eigenvalue weighted by Crippen LogP contribution is -2.48. The van der Waals surface area contributed by atoms with Crippen LogP contribution in [0.15, 0.2) is 0 Å². The Kier molecular flexibility index (Phi) is 5.22. The van der Waals surface area contributed by atoms with Gasteiger partial charge >= 0.3 is 0 Å². The fourth-order valence-electron chi connectivity index (χ4n) is 2.32. The van der Waals surface area contributed by atoms with E-state index in [2.05, 4.69) is 15.5 Å². The number of piperazine rings is 1. The predicted octanol–water partition coefficient (Wildman–Crippen LogP) is -0.423. The molecule has 2 aliphatic rings. The minimum absolute atomic E-state index is 0.126. The van der Waals surface area contributed by atoms with Crippen LogP contribution in [0.4, 0.5) is 0 Å². The second kappa shape index (κ2) is 6.93. The summed E-state index contributed by atoms with van der Waals surface area (Å²) in [6.45, 7) is 5.94. The van der Waals surface area contributed by atoms with Crippen molar-refractivity contribution in [1.82, 2.24) is 15.5 Å². The van der Waals surface area contributed by atoms with E-state index < -0.39 is 0 Å². The van der Waals surface area contributed by atoms with Crippen molar-refractivity contribution in [2.24, 2.45) is 0 Å². The summed E-state index contributed by atoms with van der Waals surface area (Å²) in [5, 5.41) is 6.25. The first-order valence-corrected chi connectivity index (χ1v) is 6.66. The predicted molar refractivity (Wildman–Crippen MR) is 65.9 cm³/mol. The largest absolute Gasteiger partial charge is 0.376 e. The third kappa shape index (κ3) is 4.61. The molecule has 2 rings (SSSR count).